The summed E-state index contributed by atoms with van der Waals surface area (Å²) in [6, 6.07) is 12.5. The van der Waals surface area contributed by atoms with E-state index >= 15 is 0 Å². The lowest BCUT2D eigenvalue weighted by atomic mass is 9.95. The summed E-state index contributed by atoms with van der Waals surface area (Å²) in [6.45, 7) is 5.13. The van der Waals surface area contributed by atoms with Gasteiger partial charge in [0.2, 0.25) is 5.91 Å². The zero-order valence-corrected chi connectivity index (χ0v) is 18.4. The Kier molecular flexibility index (Phi) is 7.10. The van der Waals surface area contributed by atoms with Crippen LogP contribution in [0, 0.1) is 5.92 Å². The number of urea groups is 1. The predicted molar refractivity (Wildman–Crippen MR) is 120 cm³/mol. The van der Waals surface area contributed by atoms with Gasteiger partial charge in [-0.05, 0) is 51.0 Å². The largest absolute Gasteiger partial charge is 0.343 e. The van der Waals surface area contributed by atoms with Crippen LogP contribution in [0.4, 0.5) is 15.5 Å². The number of anilines is 2. The van der Waals surface area contributed by atoms with Crippen molar-refractivity contribution < 1.29 is 14.4 Å². The molecule has 1 aromatic heterocycles. The Morgan fingerprint density at radius 2 is 1.70 bits per heavy atom. The number of rotatable bonds is 5. The number of hydrogen-bond donors (Lipinski definition) is 2. The van der Waals surface area contributed by atoms with Crippen molar-refractivity contribution in [3.05, 3.63) is 47.3 Å². The highest BCUT2D eigenvalue weighted by Gasteiger charge is 2.30. The Labute approximate surface area is 181 Å². The molecule has 0 atom stereocenters. The molecule has 0 unspecified atom stereocenters. The van der Waals surface area contributed by atoms with Crippen molar-refractivity contribution in [3.63, 3.8) is 0 Å². The number of carbonyl (C=O) groups is 3. The summed E-state index contributed by atoms with van der Waals surface area (Å²) in [7, 11) is 1.83. The molecule has 0 saturated carbocycles. The molecular formula is C22H28N4O3S. The molecular weight excluding hydrogens is 400 g/mol. The third-order valence-electron chi connectivity index (χ3n) is 5.34. The van der Waals surface area contributed by atoms with Gasteiger partial charge in [-0.3, -0.25) is 14.9 Å². The SMILES string of the molecule is CC(C)N(C)C(=O)C1CCN(C(=O)c2ccc(NC(=O)Nc3ccccc3)s2)CC1. The third kappa shape index (κ3) is 5.38. The maximum atomic E-state index is 12.8. The molecule has 1 aliphatic rings. The fourth-order valence-corrected chi connectivity index (χ4v) is 4.21. The summed E-state index contributed by atoms with van der Waals surface area (Å²) in [5.74, 6) is 0.0764. The number of carbonyl (C=O) groups excluding carboxylic acids is 3. The minimum atomic E-state index is -0.351. The highest BCUT2D eigenvalue weighted by atomic mass is 32.1. The lowest BCUT2D eigenvalue weighted by Gasteiger charge is -2.34. The highest BCUT2D eigenvalue weighted by molar-refractivity contribution is 7.18. The van der Waals surface area contributed by atoms with Crippen LogP contribution in [0.2, 0.25) is 0 Å². The van der Waals surface area contributed by atoms with Gasteiger partial charge in [0.15, 0.2) is 0 Å². The van der Waals surface area contributed by atoms with Crippen molar-refractivity contribution in [2.45, 2.75) is 32.7 Å². The Bertz CT molecular complexity index is 889. The summed E-state index contributed by atoms with van der Waals surface area (Å²) in [5.41, 5.74) is 0.698. The summed E-state index contributed by atoms with van der Waals surface area (Å²) in [5, 5.41) is 6.12. The maximum Gasteiger partial charge on any atom is 0.324 e. The lowest BCUT2D eigenvalue weighted by Crippen LogP contribution is -2.44. The molecule has 1 aliphatic heterocycles. The monoisotopic (exact) mass is 428 g/mol. The van der Waals surface area contributed by atoms with E-state index < -0.39 is 0 Å². The van der Waals surface area contributed by atoms with Crippen LogP contribution < -0.4 is 10.6 Å². The molecule has 1 saturated heterocycles. The van der Waals surface area contributed by atoms with E-state index in [0.717, 1.165) is 0 Å². The van der Waals surface area contributed by atoms with E-state index in [0.29, 0.717) is 41.5 Å². The van der Waals surface area contributed by atoms with Crippen molar-refractivity contribution >= 4 is 39.9 Å². The Hall–Kier alpha value is -2.87. The minimum absolute atomic E-state index is 0.0244. The van der Waals surface area contributed by atoms with Crippen LogP contribution >= 0.6 is 11.3 Å². The second kappa shape index (κ2) is 9.75. The van der Waals surface area contributed by atoms with Crippen LogP contribution in [0.5, 0.6) is 0 Å². The first-order valence-electron chi connectivity index (χ1n) is 10.1. The van der Waals surface area contributed by atoms with E-state index in [2.05, 4.69) is 10.6 Å². The average molecular weight is 429 g/mol. The van der Waals surface area contributed by atoms with Crippen molar-refractivity contribution in [2.24, 2.45) is 5.92 Å². The molecule has 2 aromatic rings. The Morgan fingerprint density at radius 1 is 1.03 bits per heavy atom. The zero-order valence-electron chi connectivity index (χ0n) is 17.6. The topological polar surface area (TPSA) is 81.8 Å². The number of benzene rings is 1. The summed E-state index contributed by atoms with van der Waals surface area (Å²) in [4.78, 5) is 41.6. The van der Waals surface area contributed by atoms with Crippen LogP contribution in [-0.4, -0.2) is 53.8 Å². The summed E-state index contributed by atoms with van der Waals surface area (Å²) in [6.07, 6.45) is 1.36. The van der Waals surface area contributed by atoms with Crippen molar-refractivity contribution in [1.29, 1.82) is 0 Å². The van der Waals surface area contributed by atoms with Gasteiger partial charge in [0.05, 0.1) is 9.88 Å². The summed E-state index contributed by atoms with van der Waals surface area (Å²) >= 11 is 1.25. The second-order valence-corrected chi connectivity index (χ2v) is 8.80. The number of para-hydroxylation sites is 1. The number of amides is 4. The molecule has 160 valence electrons. The molecule has 30 heavy (non-hydrogen) atoms. The van der Waals surface area contributed by atoms with E-state index in [1.165, 1.54) is 11.3 Å². The van der Waals surface area contributed by atoms with E-state index in [-0.39, 0.29) is 29.8 Å². The van der Waals surface area contributed by atoms with Crippen LogP contribution in [0.15, 0.2) is 42.5 Å². The number of nitrogens with one attached hydrogen (secondary N) is 2. The van der Waals surface area contributed by atoms with Crippen molar-refractivity contribution in [1.82, 2.24) is 9.80 Å². The predicted octanol–water partition coefficient (Wildman–Crippen LogP) is 4.11. The standard InChI is InChI=1S/C22H28N4O3S/c1-15(2)25(3)20(27)16-11-13-26(14-12-16)21(28)18-9-10-19(30-18)24-22(29)23-17-7-5-4-6-8-17/h4-10,15-16H,11-14H2,1-3H3,(H2,23,24,29). The number of nitrogens with zero attached hydrogens (tertiary/aromatic N) is 2. The first-order valence-corrected chi connectivity index (χ1v) is 11.0. The van der Waals surface area contributed by atoms with Gasteiger partial charge >= 0.3 is 6.03 Å². The zero-order chi connectivity index (χ0) is 21.7. The fourth-order valence-electron chi connectivity index (χ4n) is 3.34. The quantitative estimate of drug-likeness (QED) is 0.752. The molecule has 2 N–H and O–H groups in total. The normalized spacial score (nSPS) is 14.5. The maximum absolute atomic E-state index is 12.8. The van der Waals surface area contributed by atoms with Crippen LogP contribution in [0.3, 0.4) is 0 Å². The molecule has 0 radical (unpaired) electrons. The van der Waals surface area contributed by atoms with E-state index in [1.54, 1.807) is 34.1 Å². The molecule has 2 heterocycles. The number of likely N-dealkylation sites (tertiary alicyclic amines) is 1. The van der Waals surface area contributed by atoms with Gasteiger partial charge in [-0.2, -0.15) is 0 Å². The number of piperidine rings is 1. The molecule has 1 fully saturated rings. The molecule has 8 heteroatoms. The number of hydrogen-bond acceptors (Lipinski definition) is 4. The Morgan fingerprint density at radius 3 is 2.33 bits per heavy atom. The molecule has 0 spiro atoms. The molecule has 1 aromatic carbocycles. The number of thiophene rings is 1. The smallest absolute Gasteiger partial charge is 0.324 e. The van der Waals surface area contributed by atoms with E-state index in [1.807, 2.05) is 39.1 Å². The lowest BCUT2D eigenvalue weighted by molar-refractivity contribution is -0.137. The fraction of sp³-hybridized carbons (Fsp3) is 0.409. The average Bonchev–Trinajstić information content (AvgIpc) is 3.21. The highest BCUT2D eigenvalue weighted by Crippen LogP contribution is 2.26. The first kappa shape index (κ1) is 21.8. The van der Waals surface area contributed by atoms with Crippen LogP contribution in [0.1, 0.15) is 36.4 Å². The molecule has 0 bridgehead atoms. The van der Waals surface area contributed by atoms with Gasteiger partial charge in [0, 0.05) is 37.8 Å². The minimum Gasteiger partial charge on any atom is -0.343 e. The summed E-state index contributed by atoms with van der Waals surface area (Å²) < 4.78 is 0. The van der Waals surface area contributed by atoms with Crippen molar-refractivity contribution in [2.75, 3.05) is 30.8 Å². The molecule has 0 aliphatic carbocycles. The van der Waals surface area contributed by atoms with Gasteiger partial charge in [0.1, 0.15) is 0 Å². The van der Waals surface area contributed by atoms with Gasteiger partial charge in [-0.25, -0.2) is 4.79 Å². The van der Waals surface area contributed by atoms with Gasteiger partial charge in [-0.15, -0.1) is 11.3 Å². The Balaban J connectivity index is 1.52. The molecule has 4 amide bonds. The second-order valence-electron chi connectivity index (χ2n) is 7.72. The van der Waals surface area contributed by atoms with Gasteiger partial charge in [0.25, 0.3) is 5.91 Å². The first-order chi connectivity index (χ1) is 14.3. The molecule has 7 nitrogen and oxygen atoms in total. The van der Waals surface area contributed by atoms with E-state index in [4.69, 9.17) is 0 Å². The van der Waals surface area contributed by atoms with Gasteiger partial charge < -0.3 is 15.1 Å². The van der Waals surface area contributed by atoms with Crippen LogP contribution in [0.25, 0.3) is 0 Å². The van der Waals surface area contributed by atoms with Gasteiger partial charge in [-0.1, -0.05) is 18.2 Å². The van der Waals surface area contributed by atoms with E-state index in [9.17, 15) is 14.4 Å². The third-order valence-corrected chi connectivity index (χ3v) is 6.33. The molecule has 3 rings (SSSR count). The van der Waals surface area contributed by atoms with Crippen molar-refractivity contribution in [3.8, 4) is 0 Å². The van der Waals surface area contributed by atoms with Crippen LogP contribution in [-0.2, 0) is 4.79 Å².